The van der Waals surface area contributed by atoms with Gasteiger partial charge in [-0.25, -0.2) is 19.2 Å². The lowest BCUT2D eigenvalue weighted by Gasteiger charge is -2.29. The molecule has 0 atom stereocenters. The quantitative estimate of drug-likeness (QED) is 0.0175. The first kappa shape index (κ1) is 75.6. The Bertz CT molecular complexity index is 2710. The van der Waals surface area contributed by atoms with E-state index in [-0.39, 0.29) is 45.5 Å². The lowest BCUT2D eigenvalue weighted by atomic mass is 9.79. The van der Waals surface area contributed by atoms with Crippen molar-refractivity contribution in [3.63, 3.8) is 0 Å². The zero-order valence-electron chi connectivity index (χ0n) is 59.3. The highest BCUT2D eigenvalue weighted by Crippen LogP contribution is 2.45. The molecule has 0 amide bonds. The van der Waals surface area contributed by atoms with Crippen LogP contribution in [0.15, 0.2) is 97.1 Å². The second-order valence-corrected chi connectivity index (χ2v) is 29.5. The molecule has 92 heavy (non-hydrogen) atoms. The molecule has 0 radical (unpaired) electrons. The van der Waals surface area contributed by atoms with E-state index < -0.39 is 0 Å². The van der Waals surface area contributed by atoms with Gasteiger partial charge < -0.3 is 37.9 Å². The number of hydrogen-bond acceptors (Lipinski definition) is 12. The Hall–Kier alpha value is -7.08. The summed E-state index contributed by atoms with van der Waals surface area (Å²) in [6.45, 7) is 51.8. The molecule has 0 heterocycles. The number of carbonyl (C=O) groups is 4. The molecule has 1 aliphatic carbocycles. The molecule has 5 rings (SSSR count). The third-order valence-electron chi connectivity index (χ3n) is 16.4. The molecule has 12 nitrogen and oxygen atoms in total. The highest BCUT2D eigenvalue weighted by molar-refractivity contribution is 5.88. The summed E-state index contributed by atoms with van der Waals surface area (Å²) in [6, 6.07) is 18.7. The minimum atomic E-state index is -0.381. The molecule has 4 aromatic carbocycles. The molecule has 0 aromatic heterocycles. The van der Waals surface area contributed by atoms with E-state index in [0.717, 1.165) is 119 Å². The number of unbranched alkanes of at least 4 members (excludes halogenated alkanes) is 8. The van der Waals surface area contributed by atoms with Gasteiger partial charge >= 0.3 is 23.9 Å². The zero-order valence-corrected chi connectivity index (χ0v) is 59.3. The monoisotopic (exact) mass is 1260 g/mol. The molecule has 1 aliphatic rings. The summed E-state index contributed by atoms with van der Waals surface area (Å²) < 4.78 is 50.9. The third-order valence-corrected chi connectivity index (χ3v) is 16.4. The van der Waals surface area contributed by atoms with E-state index in [2.05, 4.69) is 158 Å². The predicted molar refractivity (Wildman–Crippen MR) is 372 cm³/mol. The van der Waals surface area contributed by atoms with Crippen molar-refractivity contribution in [3.05, 3.63) is 164 Å². The first-order chi connectivity index (χ1) is 43.1. The van der Waals surface area contributed by atoms with Crippen LogP contribution in [0.4, 0.5) is 0 Å². The van der Waals surface area contributed by atoms with Crippen molar-refractivity contribution in [1.82, 2.24) is 0 Å². The fourth-order valence-corrected chi connectivity index (χ4v) is 10.7. The van der Waals surface area contributed by atoms with Crippen LogP contribution in [0.1, 0.15) is 255 Å². The van der Waals surface area contributed by atoms with Crippen molar-refractivity contribution in [2.45, 2.75) is 235 Å². The lowest BCUT2D eigenvalue weighted by molar-refractivity contribution is -0.139. The summed E-state index contributed by atoms with van der Waals surface area (Å²) in [6.07, 6.45) is 10.9. The second kappa shape index (κ2) is 34.7. The van der Waals surface area contributed by atoms with Gasteiger partial charge in [0.15, 0.2) is 0 Å². The molecule has 0 aliphatic heterocycles. The SMILES string of the molecule is C=C(C)C(=O)OCCCCCOc1c2cc(C(C)(C)C)cc1Cc1cc(C(C)(C)C)cc(c1OCCCCCOC(=O)C(=C)C)Cc1cc(C(C)(C)C)cc(c1OCCCCCOC(=O)C(=C)C)Cc1cc(C(C)(C)C)cc(c1OCCCCCOC(=O)C(=C)C)C2. The fourth-order valence-electron chi connectivity index (χ4n) is 10.7. The Morgan fingerprint density at radius 3 is 0.576 bits per heavy atom. The fraction of sp³-hybridized carbons (Fsp3) is 0.550. The summed E-state index contributed by atoms with van der Waals surface area (Å²) in [4.78, 5) is 49.1. The van der Waals surface area contributed by atoms with Gasteiger partial charge in [0, 0.05) is 48.0 Å². The van der Waals surface area contributed by atoms with E-state index in [0.29, 0.717) is 127 Å². The molecule has 8 bridgehead atoms. The topological polar surface area (TPSA) is 142 Å². The van der Waals surface area contributed by atoms with Crippen LogP contribution in [-0.2, 0) is 85.5 Å². The number of ether oxygens (including phenoxy) is 8. The predicted octanol–water partition coefficient (Wildman–Crippen LogP) is 18.2. The number of esters is 4. The van der Waals surface area contributed by atoms with Crippen molar-refractivity contribution in [1.29, 1.82) is 0 Å². The van der Waals surface area contributed by atoms with E-state index in [1.54, 1.807) is 27.7 Å². The summed E-state index contributed by atoms with van der Waals surface area (Å²) in [5.41, 5.74) is 13.6. The molecular formula is C80H112O12. The van der Waals surface area contributed by atoms with Crippen molar-refractivity contribution in [2.24, 2.45) is 0 Å². The molecule has 0 spiro atoms. The van der Waals surface area contributed by atoms with Gasteiger partial charge in [-0.05, 0) is 193 Å². The van der Waals surface area contributed by atoms with Crippen LogP contribution < -0.4 is 18.9 Å². The summed E-state index contributed by atoms with van der Waals surface area (Å²) in [5, 5.41) is 0. The van der Waals surface area contributed by atoms with Crippen LogP contribution in [0.2, 0.25) is 0 Å². The molecule has 0 saturated heterocycles. The first-order valence-electron chi connectivity index (χ1n) is 33.6. The maximum atomic E-state index is 12.3. The average molecular weight is 1270 g/mol. The summed E-state index contributed by atoms with van der Waals surface area (Å²) >= 11 is 0. The Morgan fingerprint density at radius 2 is 0.435 bits per heavy atom. The smallest absolute Gasteiger partial charge is 0.333 e. The van der Waals surface area contributed by atoms with E-state index in [1.165, 1.54) is 22.3 Å². The van der Waals surface area contributed by atoms with Gasteiger partial charge in [-0.2, -0.15) is 0 Å². The second-order valence-electron chi connectivity index (χ2n) is 29.5. The van der Waals surface area contributed by atoms with Crippen molar-refractivity contribution < 1.29 is 57.1 Å². The standard InChI is InChI=1S/C80H112O12/c1-53(2)73(81)89-37-29-21-25-33-85-69-57-41-59-47-66(78(12,13)14)49-61(70(59)86-34-26-22-30-38-90-74(82)54(3)4)43-63-51-68(80(18,19)20)52-64(72(63)88-36-28-24-32-40-92-76(84)56(7)8)44-62-50-67(79(15,16)17)48-60(42-58(69)46-65(45-57)77(9,10)11)71(62)87-35-27-23-31-39-91-75(83)55(5)6/h45-52H,1,3,5,7,21-44H2,2,4,6,8-20H3. The van der Waals surface area contributed by atoms with Gasteiger partial charge in [-0.3, -0.25) is 0 Å². The van der Waals surface area contributed by atoms with Gasteiger partial charge in [0.05, 0.1) is 52.9 Å². The number of carbonyl (C=O) groups excluding carboxylic acids is 4. The molecular weight excluding hydrogens is 1150 g/mol. The van der Waals surface area contributed by atoms with Crippen molar-refractivity contribution >= 4 is 23.9 Å². The van der Waals surface area contributed by atoms with Crippen molar-refractivity contribution in [2.75, 3.05) is 52.9 Å². The molecule has 4 aromatic rings. The normalized spacial score (nSPS) is 12.5. The molecule has 0 unspecified atom stereocenters. The molecule has 504 valence electrons. The number of benzene rings is 4. The Kier molecular flexibility index (Phi) is 28.5. The van der Waals surface area contributed by atoms with Gasteiger partial charge in [-0.15, -0.1) is 0 Å². The summed E-state index contributed by atoms with van der Waals surface area (Å²) in [7, 11) is 0. The molecule has 0 N–H and O–H groups in total. The largest absolute Gasteiger partial charge is 0.493 e. The average Bonchev–Trinajstić information content (AvgIpc) is 0.771. The number of hydrogen-bond donors (Lipinski definition) is 0. The minimum Gasteiger partial charge on any atom is -0.493 e. The summed E-state index contributed by atoms with van der Waals surface area (Å²) in [5.74, 6) is 1.81. The van der Waals surface area contributed by atoms with Crippen LogP contribution in [0.5, 0.6) is 23.0 Å². The highest BCUT2D eigenvalue weighted by atomic mass is 16.5. The maximum Gasteiger partial charge on any atom is 0.333 e. The van der Waals surface area contributed by atoms with Crippen LogP contribution in [0.25, 0.3) is 0 Å². The Labute approximate surface area is 553 Å². The number of rotatable bonds is 32. The van der Waals surface area contributed by atoms with E-state index in [9.17, 15) is 19.2 Å². The van der Waals surface area contributed by atoms with Gasteiger partial charge in [0.1, 0.15) is 23.0 Å². The van der Waals surface area contributed by atoms with Gasteiger partial charge in [-0.1, -0.05) is 158 Å². The highest BCUT2D eigenvalue weighted by Gasteiger charge is 2.30. The zero-order chi connectivity index (χ0) is 68.1. The van der Waals surface area contributed by atoms with Crippen molar-refractivity contribution in [3.8, 4) is 23.0 Å². The third kappa shape index (κ3) is 23.8. The van der Waals surface area contributed by atoms with Crippen LogP contribution in [0, 0.1) is 0 Å². The van der Waals surface area contributed by atoms with Crippen LogP contribution >= 0.6 is 0 Å². The van der Waals surface area contributed by atoms with E-state index >= 15 is 0 Å². The molecule has 0 saturated carbocycles. The Balaban J connectivity index is 1.84. The molecule has 0 fully saturated rings. The van der Waals surface area contributed by atoms with Crippen LogP contribution in [-0.4, -0.2) is 76.7 Å². The molecule has 12 heteroatoms. The maximum absolute atomic E-state index is 12.3. The lowest BCUT2D eigenvalue weighted by Crippen LogP contribution is -2.18. The van der Waals surface area contributed by atoms with Gasteiger partial charge in [0.2, 0.25) is 0 Å². The van der Waals surface area contributed by atoms with Gasteiger partial charge in [0.25, 0.3) is 0 Å². The minimum absolute atomic E-state index is 0.252. The first-order valence-corrected chi connectivity index (χ1v) is 33.6. The number of fused-ring (bicyclic) bond motifs is 8. The van der Waals surface area contributed by atoms with E-state index in [4.69, 9.17) is 37.9 Å². The van der Waals surface area contributed by atoms with E-state index in [1.807, 2.05) is 0 Å². The van der Waals surface area contributed by atoms with Crippen LogP contribution in [0.3, 0.4) is 0 Å². The Morgan fingerprint density at radius 1 is 0.283 bits per heavy atom.